The van der Waals surface area contributed by atoms with Gasteiger partial charge in [0.15, 0.2) is 11.4 Å². The van der Waals surface area contributed by atoms with Crippen LogP contribution in [0.1, 0.15) is 25.7 Å². The minimum atomic E-state index is 0.613. The summed E-state index contributed by atoms with van der Waals surface area (Å²) in [5.41, 5.74) is 2.46. The number of para-hydroxylation sites is 1. The summed E-state index contributed by atoms with van der Waals surface area (Å²) in [7, 11) is 0. The van der Waals surface area contributed by atoms with E-state index in [0.717, 1.165) is 41.0 Å². The van der Waals surface area contributed by atoms with Crippen LogP contribution in [0.25, 0.3) is 28.1 Å². The first-order valence-corrected chi connectivity index (χ1v) is 10.1. The van der Waals surface area contributed by atoms with Crippen LogP contribution in [0.4, 0.5) is 0 Å². The number of rotatable bonds is 6. The van der Waals surface area contributed by atoms with Crippen molar-refractivity contribution in [2.75, 3.05) is 26.2 Å². The van der Waals surface area contributed by atoms with Gasteiger partial charge in [0.05, 0.1) is 12.8 Å². The van der Waals surface area contributed by atoms with Gasteiger partial charge < -0.3 is 14.1 Å². The van der Waals surface area contributed by atoms with Crippen molar-refractivity contribution in [1.29, 1.82) is 0 Å². The predicted molar refractivity (Wildman–Crippen MR) is 109 cm³/mol. The van der Waals surface area contributed by atoms with E-state index in [-0.39, 0.29) is 0 Å². The second-order valence-corrected chi connectivity index (χ2v) is 7.34. The molecule has 0 radical (unpaired) electrons. The summed E-state index contributed by atoms with van der Waals surface area (Å²) in [5, 5.41) is 5.69. The maximum atomic E-state index is 5.98. The van der Waals surface area contributed by atoms with E-state index in [2.05, 4.69) is 15.0 Å². The molecule has 0 amide bonds. The second-order valence-electron chi connectivity index (χ2n) is 7.34. The molecule has 6 nitrogen and oxygen atoms in total. The van der Waals surface area contributed by atoms with Crippen LogP contribution in [0.15, 0.2) is 53.1 Å². The molecule has 0 saturated carbocycles. The van der Waals surface area contributed by atoms with Gasteiger partial charge in [0, 0.05) is 18.0 Å². The molecular weight excluding hydrogens is 352 g/mol. The zero-order valence-corrected chi connectivity index (χ0v) is 15.9. The third kappa shape index (κ3) is 3.47. The van der Waals surface area contributed by atoms with E-state index in [4.69, 9.17) is 9.15 Å². The average Bonchev–Trinajstić information content (AvgIpc) is 3.35. The number of likely N-dealkylation sites (tertiary alicyclic amines) is 1. The molecule has 0 aliphatic carbocycles. The van der Waals surface area contributed by atoms with Crippen LogP contribution in [-0.2, 0) is 0 Å². The lowest BCUT2D eigenvalue weighted by Crippen LogP contribution is -2.31. The molecule has 1 aliphatic heterocycles. The topological polar surface area (TPSA) is 55.8 Å². The molecule has 1 aromatic carbocycles. The van der Waals surface area contributed by atoms with Crippen molar-refractivity contribution >= 4 is 16.6 Å². The van der Waals surface area contributed by atoms with Crippen LogP contribution < -0.4 is 4.74 Å². The maximum absolute atomic E-state index is 5.98. The molecule has 1 saturated heterocycles. The first-order valence-electron chi connectivity index (χ1n) is 10.1. The quantitative estimate of drug-likeness (QED) is 0.467. The minimum Gasteiger partial charge on any atom is -0.477 e. The first kappa shape index (κ1) is 17.3. The number of aromatic nitrogens is 3. The molecule has 1 fully saturated rings. The van der Waals surface area contributed by atoms with Crippen molar-refractivity contribution in [3.63, 3.8) is 0 Å². The monoisotopic (exact) mass is 376 g/mol. The Morgan fingerprint density at radius 2 is 1.93 bits per heavy atom. The highest BCUT2D eigenvalue weighted by Crippen LogP contribution is 2.28. The SMILES string of the molecule is c1ccc2oc(-c3cnc4ccc(OCCCN5CCCCC5)nn34)cc2c1. The van der Waals surface area contributed by atoms with E-state index in [9.17, 15) is 0 Å². The summed E-state index contributed by atoms with van der Waals surface area (Å²) in [4.78, 5) is 6.97. The van der Waals surface area contributed by atoms with Crippen molar-refractivity contribution in [2.24, 2.45) is 0 Å². The van der Waals surface area contributed by atoms with Crippen LogP contribution in [0.5, 0.6) is 5.88 Å². The number of imidazole rings is 1. The number of fused-ring (bicyclic) bond motifs is 2. The highest BCUT2D eigenvalue weighted by Gasteiger charge is 2.13. The lowest BCUT2D eigenvalue weighted by atomic mass is 10.1. The van der Waals surface area contributed by atoms with Gasteiger partial charge in [-0.3, -0.25) is 0 Å². The number of benzene rings is 1. The number of hydrogen-bond acceptors (Lipinski definition) is 5. The Kier molecular flexibility index (Phi) is 4.71. The van der Waals surface area contributed by atoms with Crippen molar-refractivity contribution in [1.82, 2.24) is 19.5 Å². The van der Waals surface area contributed by atoms with Crippen LogP contribution in [0.3, 0.4) is 0 Å². The average molecular weight is 376 g/mol. The zero-order chi connectivity index (χ0) is 18.8. The van der Waals surface area contributed by atoms with Gasteiger partial charge in [-0.15, -0.1) is 5.10 Å². The van der Waals surface area contributed by atoms with Gasteiger partial charge in [0.1, 0.15) is 11.3 Å². The molecule has 0 atom stereocenters. The standard InChI is InChI=1S/C22H24N4O2/c1-4-11-25(12-5-1)13-6-14-27-22-10-9-21-23-16-18(26(21)24-22)20-15-17-7-2-3-8-19(17)28-20/h2-3,7-10,15-16H,1,4-6,11-14H2. The molecule has 0 unspecified atom stereocenters. The van der Waals surface area contributed by atoms with Gasteiger partial charge in [-0.05, 0) is 50.6 Å². The third-order valence-electron chi connectivity index (χ3n) is 5.33. The Labute approximate surface area is 163 Å². The van der Waals surface area contributed by atoms with Gasteiger partial charge in [-0.25, -0.2) is 9.50 Å². The molecule has 0 bridgehead atoms. The van der Waals surface area contributed by atoms with E-state index in [1.54, 1.807) is 10.7 Å². The van der Waals surface area contributed by atoms with E-state index in [1.165, 1.54) is 32.4 Å². The zero-order valence-electron chi connectivity index (χ0n) is 15.9. The first-order chi connectivity index (χ1) is 13.9. The molecule has 4 aromatic rings. The molecular formula is C22H24N4O2. The molecule has 28 heavy (non-hydrogen) atoms. The van der Waals surface area contributed by atoms with Crippen molar-refractivity contribution < 1.29 is 9.15 Å². The molecule has 0 N–H and O–H groups in total. The highest BCUT2D eigenvalue weighted by molar-refractivity contribution is 5.82. The number of ether oxygens (including phenoxy) is 1. The fourth-order valence-electron chi connectivity index (χ4n) is 3.86. The largest absolute Gasteiger partial charge is 0.477 e. The lowest BCUT2D eigenvalue weighted by Gasteiger charge is -2.26. The Bertz CT molecular complexity index is 1050. The van der Waals surface area contributed by atoms with E-state index in [1.807, 2.05) is 42.5 Å². The molecule has 1 aliphatic rings. The van der Waals surface area contributed by atoms with E-state index < -0.39 is 0 Å². The fraction of sp³-hybridized carbons (Fsp3) is 0.364. The molecule has 0 spiro atoms. The van der Waals surface area contributed by atoms with Gasteiger partial charge in [0.25, 0.3) is 0 Å². The van der Waals surface area contributed by atoms with E-state index >= 15 is 0 Å². The molecule has 3 aromatic heterocycles. The smallest absolute Gasteiger partial charge is 0.231 e. The second kappa shape index (κ2) is 7.64. The third-order valence-corrected chi connectivity index (χ3v) is 5.33. The van der Waals surface area contributed by atoms with Crippen molar-refractivity contribution in [3.05, 3.63) is 48.7 Å². The normalized spacial score (nSPS) is 15.4. The summed E-state index contributed by atoms with van der Waals surface area (Å²) in [5.74, 6) is 1.37. The summed E-state index contributed by atoms with van der Waals surface area (Å²) in [6.07, 6.45) is 6.82. The lowest BCUT2D eigenvalue weighted by molar-refractivity contribution is 0.202. The van der Waals surface area contributed by atoms with Crippen molar-refractivity contribution in [2.45, 2.75) is 25.7 Å². The van der Waals surface area contributed by atoms with Crippen LogP contribution >= 0.6 is 0 Å². The number of hydrogen-bond donors (Lipinski definition) is 0. The van der Waals surface area contributed by atoms with Crippen molar-refractivity contribution in [3.8, 4) is 17.3 Å². The van der Waals surface area contributed by atoms with Crippen LogP contribution in [0, 0.1) is 0 Å². The number of furan rings is 1. The van der Waals surface area contributed by atoms with Crippen LogP contribution in [0.2, 0.25) is 0 Å². The Morgan fingerprint density at radius 1 is 1.04 bits per heavy atom. The molecule has 4 heterocycles. The number of piperidine rings is 1. The van der Waals surface area contributed by atoms with Crippen LogP contribution in [-0.4, -0.2) is 45.7 Å². The number of nitrogens with zero attached hydrogens (tertiary/aromatic N) is 4. The fourth-order valence-corrected chi connectivity index (χ4v) is 3.86. The molecule has 5 rings (SSSR count). The van der Waals surface area contributed by atoms with E-state index in [0.29, 0.717) is 12.5 Å². The summed E-state index contributed by atoms with van der Waals surface area (Å²) < 4.78 is 13.7. The Hall–Kier alpha value is -2.86. The summed E-state index contributed by atoms with van der Waals surface area (Å²) >= 11 is 0. The maximum Gasteiger partial charge on any atom is 0.231 e. The summed E-state index contributed by atoms with van der Waals surface area (Å²) in [6, 6.07) is 13.8. The summed E-state index contributed by atoms with van der Waals surface area (Å²) in [6.45, 7) is 4.21. The van der Waals surface area contributed by atoms with Gasteiger partial charge in [-0.2, -0.15) is 0 Å². The minimum absolute atomic E-state index is 0.613. The Balaban J connectivity index is 1.30. The molecule has 6 heteroatoms. The van der Waals surface area contributed by atoms with Gasteiger partial charge >= 0.3 is 0 Å². The van der Waals surface area contributed by atoms with Gasteiger partial charge in [-0.1, -0.05) is 24.6 Å². The highest BCUT2D eigenvalue weighted by atomic mass is 16.5. The predicted octanol–water partition coefficient (Wildman–Crippen LogP) is 4.40. The molecule has 144 valence electrons. The van der Waals surface area contributed by atoms with Gasteiger partial charge in [0.2, 0.25) is 5.88 Å². The Morgan fingerprint density at radius 3 is 2.82 bits per heavy atom.